The molecule has 4 nitrogen and oxygen atoms in total. The van der Waals surface area contributed by atoms with Crippen LogP contribution in [-0.4, -0.2) is 22.4 Å². The summed E-state index contributed by atoms with van der Waals surface area (Å²) in [6, 6.07) is 10.1. The maximum absolute atomic E-state index is 12.4. The molecule has 0 unspecified atom stereocenters. The van der Waals surface area contributed by atoms with Crippen molar-refractivity contribution in [2.45, 2.75) is 19.9 Å². The summed E-state index contributed by atoms with van der Waals surface area (Å²) in [4.78, 5) is 14.1. The van der Waals surface area contributed by atoms with Gasteiger partial charge in [0.15, 0.2) is 0 Å². The first kappa shape index (κ1) is 14.2. The molecule has 1 heterocycles. The Morgan fingerprint density at radius 1 is 1.25 bits per heavy atom. The number of carbonyl (C=O) groups is 1. The molecule has 0 fully saturated rings. The molecule has 4 heteroatoms. The summed E-state index contributed by atoms with van der Waals surface area (Å²) in [5, 5.41) is 0. The van der Waals surface area contributed by atoms with E-state index in [-0.39, 0.29) is 5.91 Å². The monoisotopic (exact) mass is 271 g/mol. The van der Waals surface area contributed by atoms with Gasteiger partial charge in [-0.25, -0.2) is 0 Å². The number of nitrogen functional groups attached to an aromatic ring is 1. The van der Waals surface area contributed by atoms with Crippen LogP contribution in [0.1, 0.15) is 28.5 Å². The standard InChI is InChI=1S/C16H21N3O/c1-4-12-5-7-13(8-6-12)10-19(3)16(20)15-9-14(17)11-18(15)2/h5-9,11H,4,10,17H2,1-3H3. The zero-order valence-corrected chi connectivity index (χ0v) is 12.3. The molecule has 0 radical (unpaired) electrons. The maximum atomic E-state index is 12.4. The fourth-order valence-electron chi connectivity index (χ4n) is 2.22. The molecule has 0 saturated carbocycles. The molecular formula is C16H21N3O. The summed E-state index contributed by atoms with van der Waals surface area (Å²) in [5.74, 6) is -0.0243. The number of carbonyl (C=O) groups excluding carboxylic acids is 1. The molecule has 1 aromatic carbocycles. The van der Waals surface area contributed by atoms with E-state index in [2.05, 4.69) is 31.2 Å². The molecule has 1 amide bonds. The summed E-state index contributed by atoms with van der Waals surface area (Å²) in [6.45, 7) is 2.72. The van der Waals surface area contributed by atoms with E-state index in [1.165, 1.54) is 5.56 Å². The van der Waals surface area contributed by atoms with Crippen molar-refractivity contribution in [1.82, 2.24) is 9.47 Å². The topological polar surface area (TPSA) is 51.3 Å². The second-order valence-electron chi connectivity index (χ2n) is 5.10. The molecule has 1 aromatic heterocycles. The van der Waals surface area contributed by atoms with Gasteiger partial charge in [-0.2, -0.15) is 0 Å². The van der Waals surface area contributed by atoms with Crippen LogP contribution in [0.2, 0.25) is 0 Å². The van der Waals surface area contributed by atoms with Crippen LogP contribution in [0.4, 0.5) is 5.69 Å². The molecular weight excluding hydrogens is 250 g/mol. The van der Waals surface area contributed by atoms with E-state index in [0.717, 1.165) is 12.0 Å². The van der Waals surface area contributed by atoms with Crippen molar-refractivity contribution in [3.05, 3.63) is 53.3 Å². The quantitative estimate of drug-likeness (QED) is 0.928. The van der Waals surface area contributed by atoms with Crippen molar-refractivity contribution < 1.29 is 4.79 Å². The van der Waals surface area contributed by atoms with Crippen molar-refractivity contribution in [1.29, 1.82) is 0 Å². The fraction of sp³-hybridized carbons (Fsp3) is 0.312. The number of anilines is 1. The number of benzene rings is 1. The number of hydrogen-bond donors (Lipinski definition) is 1. The lowest BCUT2D eigenvalue weighted by atomic mass is 10.1. The Morgan fingerprint density at radius 3 is 2.35 bits per heavy atom. The molecule has 0 spiro atoms. The van der Waals surface area contributed by atoms with Gasteiger partial charge in [0, 0.05) is 26.8 Å². The summed E-state index contributed by atoms with van der Waals surface area (Å²) in [6.07, 6.45) is 2.77. The Balaban J connectivity index is 2.09. The Bertz CT molecular complexity index is 599. The van der Waals surface area contributed by atoms with Crippen LogP contribution in [0.15, 0.2) is 36.5 Å². The molecule has 0 bridgehead atoms. The summed E-state index contributed by atoms with van der Waals surface area (Å²) in [7, 11) is 3.63. The van der Waals surface area contributed by atoms with Gasteiger partial charge in [-0.05, 0) is 23.6 Å². The van der Waals surface area contributed by atoms with Gasteiger partial charge >= 0.3 is 0 Å². The first-order valence-corrected chi connectivity index (χ1v) is 6.76. The van der Waals surface area contributed by atoms with E-state index >= 15 is 0 Å². The maximum Gasteiger partial charge on any atom is 0.270 e. The van der Waals surface area contributed by atoms with Gasteiger partial charge in [0.05, 0.1) is 5.69 Å². The predicted molar refractivity (Wildman–Crippen MR) is 81.4 cm³/mol. The van der Waals surface area contributed by atoms with Gasteiger partial charge in [0.25, 0.3) is 5.91 Å². The van der Waals surface area contributed by atoms with E-state index in [0.29, 0.717) is 17.9 Å². The highest BCUT2D eigenvalue weighted by Gasteiger charge is 2.15. The molecule has 0 saturated heterocycles. The van der Waals surface area contributed by atoms with Crippen LogP contribution in [-0.2, 0) is 20.0 Å². The molecule has 20 heavy (non-hydrogen) atoms. The lowest BCUT2D eigenvalue weighted by molar-refractivity contribution is 0.0775. The van der Waals surface area contributed by atoms with E-state index in [9.17, 15) is 4.79 Å². The fourth-order valence-corrected chi connectivity index (χ4v) is 2.22. The highest BCUT2D eigenvalue weighted by molar-refractivity contribution is 5.93. The van der Waals surface area contributed by atoms with Crippen LogP contribution >= 0.6 is 0 Å². The Morgan fingerprint density at radius 2 is 1.85 bits per heavy atom. The van der Waals surface area contributed by atoms with Gasteiger partial charge in [-0.3, -0.25) is 4.79 Å². The van der Waals surface area contributed by atoms with E-state index < -0.39 is 0 Å². The predicted octanol–water partition coefficient (Wildman–Crippen LogP) is 2.44. The van der Waals surface area contributed by atoms with Crippen molar-refractivity contribution >= 4 is 11.6 Å². The van der Waals surface area contributed by atoms with E-state index in [4.69, 9.17) is 5.73 Å². The Hall–Kier alpha value is -2.23. The van der Waals surface area contributed by atoms with Crippen LogP contribution in [0.5, 0.6) is 0 Å². The number of aromatic nitrogens is 1. The lowest BCUT2D eigenvalue weighted by Crippen LogP contribution is -2.27. The minimum Gasteiger partial charge on any atom is -0.397 e. The third-order valence-electron chi connectivity index (χ3n) is 3.44. The van der Waals surface area contributed by atoms with Gasteiger partial charge in [0.2, 0.25) is 0 Å². The summed E-state index contributed by atoms with van der Waals surface area (Å²) < 4.78 is 1.76. The average Bonchev–Trinajstić information content (AvgIpc) is 2.77. The van der Waals surface area contributed by atoms with Crippen LogP contribution in [0.25, 0.3) is 0 Å². The molecule has 0 aliphatic heterocycles. The normalized spacial score (nSPS) is 10.6. The van der Waals surface area contributed by atoms with Gasteiger partial charge in [-0.15, -0.1) is 0 Å². The summed E-state index contributed by atoms with van der Waals surface area (Å²) >= 11 is 0. The Labute approximate surface area is 119 Å². The third-order valence-corrected chi connectivity index (χ3v) is 3.44. The first-order valence-electron chi connectivity index (χ1n) is 6.76. The van der Waals surface area contributed by atoms with Crippen LogP contribution in [0, 0.1) is 0 Å². The number of nitrogens with two attached hydrogens (primary N) is 1. The smallest absolute Gasteiger partial charge is 0.270 e. The van der Waals surface area contributed by atoms with Crippen LogP contribution in [0.3, 0.4) is 0 Å². The highest BCUT2D eigenvalue weighted by Crippen LogP contribution is 2.13. The first-order chi connectivity index (χ1) is 9.51. The van der Waals surface area contributed by atoms with Crippen molar-refractivity contribution in [2.75, 3.05) is 12.8 Å². The van der Waals surface area contributed by atoms with Crippen LogP contribution < -0.4 is 5.73 Å². The molecule has 0 aliphatic carbocycles. The van der Waals surface area contributed by atoms with Gasteiger partial charge < -0.3 is 15.2 Å². The molecule has 0 atom stereocenters. The second-order valence-corrected chi connectivity index (χ2v) is 5.10. The second kappa shape index (κ2) is 5.82. The minimum absolute atomic E-state index is 0.0243. The number of rotatable bonds is 4. The SMILES string of the molecule is CCc1ccc(CN(C)C(=O)c2cc(N)cn2C)cc1. The molecule has 2 aromatic rings. The number of hydrogen-bond acceptors (Lipinski definition) is 2. The lowest BCUT2D eigenvalue weighted by Gasteiger charge is -2.17. The zero-order valence-electron chi connectivity index (χ0n) is 12.3. The Kier molecular flexibility index (Phi) is 4.13. The zero-order chi connectivity index (χ0) is 14.7. The van der Waals surface area contributed by atoms with E-state index in [1.54, 1.807) is 28.8 Å². The molecule has 2 N–H and O–H groups in total. The summed E-state index contributed by atoms with van der Waals surface area (Å²) in [5.41, 5.74) is 9.35. The van der Waals surface area contributed by atoms with Gasteiger partial charge in [-0.1, -0.05) is 31.2 Å². The number of amides is 1. The highest BCUT2D eigenvalue weighted by atomic mass is 16.2. The molecule has 0 aliphatic rings. The third kappa shape index (κ3) is 3.02. The average molecular weight is 271 g/mol. The number of nitrogens with zero attached hydrogens (tertiary/aromatic N) is 2. The van der Waals surface area contributed by atoms with Gasteiger partial charge in [0.1, 0.15) is 5.69 Å². The van der Waals surface area contributed by atoms with Crippen molar-refractivity contribution in [3.8, 4) is 0 Å². The largest absolute Gasteiger partial charge is 0.397 e. The molecule has 106 valence electrons. The molecule has 2 rings (SSSR count). The van der Waals surface area contributed by atoms with Crippen molar-refractivity contribution in [2.24, 2.45) is 7.05 Å². The van der Waals surface area contributed by atoms with Crippen molar-refractivity contribution in [3.63, 3.8) is 0 Å². The van der Waals surface area contributed by atoms with E-state index in [1.807, 2.05) is 7.05 Å². The minimum atomic E-state index is -0.0243. The number of aryl methyl sites for hydroxylation is 2.